The van der Waals surface area contributed by atoms with Crippen molar-refractivity contribution >= 4 is 70.8 Å². The highest BCUT2D eigenvalue weighted by Gasteiger charge is 2.48. The van der Waals surface area contributed by atoms with Gasteiger partial charge in [0.1, 0.15) is 0 Å². The SMILES string of the molecule is C[Si](C)(C)c1ccc2c(c1)CCN2c1ccc2c(c1)C(c1ccccc1)(c1ccccc1)c1c-2c2ccccc2c2cc(N3CCc4cc([Si](C)(C)C)ccc43)ccc12. The van der Waals surface area contributed by atoms with E-state index in [1.54, 1.807) is 10.4 Å². The maximum absolute atomic E-state index is 2.58. The lowest BCUT2D eigenvalue weighted by Gasteiger charge is -2.35. The monoisotopic (exact) mass is 796 g/mol. The Balaban J connectivity index is 1.17. The first-order chi connectivity index (χ1) is 28.5. The molecule has 0 spiro atoms. The Morgan fingerprint density at radius 1 is 0.441 bits per heavy atom. The molecule has 0 bridgehead atoms. The topological polar surface area (TPSA) is 6.48 Å². The molecule has 0 N–H and O–H groups in total. The molecule has 0 radical (unpaired) electrons. The summed E-state index contributed by atoms with van der Waals surface area (Å²) in [5, 5.41) is 8.37. The third-order valence-corrected chi connectivity index (χ3v) is 17.9. The maximum atomic E-state index is 2.58. The molecule has 2 nitrogen and oxygen atoms in total. The molecule has 11 rings (SSSR count). The summed E-state index contributed by atoms with van der Waals surface area (Å²) < 4.78 is 0. The summed E-state index contributed by atoms with van der Waals surface area (Å²) in [4.78, 5) is 5.14. The van der Waals surface area contributed by atoms with E-state index >= 15 is 0 Å². The number of benzene rings is 8. The molecule has 0 atom stereocenters. The van der Waals surface area contributed by atoms with Gasteiger partial charge >= 0.3 is 0 Å². The largest absolute Gasteiger partial charge is 0.341 e. The third-order valence-electron chi connectivity index (χ3n) is 13.8. The fourth-order valence-electron chi connectivity index (χ4n) is 10.8. The molecular weight excluding hydrogens is 745 g/mol. The Kier molecular flexibility index (Phi) is 8.12. The standard InChI is InChI=1S/C55H52N2Si2/c1-58(2,3)43-23-27-51-37(33-43)29-31-56(51)41-21-25-47-49(35-41)45-19-13-14-20-46(45)53-48-26-22-42(57-32-30-38-34-44(59(4,5)6)24-28-52(38)57)36-50(48)55(54(47)53,39-15-9-7-10-16-39)40-17-11-8-12-18-40/h7-28,33-36H,29-32H2,1-6H3. The minimum absolute atomic E-state index is 0.537. The van der Waals surface area contributed by atoms with Crippen LogP contribution in [0.3, 0.4) is 0 Å². The van der Waals surface area contributed by atoms with Crippen molar-refractivity contribution in [1.29, 1.82) is 0 Å². The summed E-state index contributed by atoms with van der Waals surface area (Å²) in [6.45, 7) is 16.7. The molecule has 2 aliphatic heterocycles. The minimum Gasteiger partial charge on any atom is -0.341 e. The Hall–Kier alpha value is -5.69. The van der Waals surface area contributed by atoms with Crippen molar-refractivity contribution in [3.63, 3.8) is 0 Å². The predicted molar refractivity (Wildman–Crippen MR) is 259 cm³/mol. The Morgan fingerprint density at radius 3 is 1.51 bits per heavy atom. The van der Waals surface area contributed by atoms with Gasteiger partial charge in [0.25, 0.3) is 0 Å². The van der Waals surface area contributed by atoms with Gasteiger partial charge in [-0.05, 0) is 115 Å². The van der Waals surface area contributed by atoms with Gasteiger partial charge in [-0.2, -0.15) is 0 Å². The molecule has 0 aromatic heterocycles. The number of rotatable bonds is 6. The van der Waals surface area contributed by atoms with Crippen LogP contribution in [0.4, 0.5) is 22.7 Å². The van der Waals surface area contributed by atoms with Crippen molar-refractivity contribution in [1.82, 2.24) is 0 Å². The smallest absolute Gasteiger partial charge is 0.0776 e. The second kappa shape index (κ2) is 13.2. The average molecular weight is 797 g/mol. The van der Waals surface area contributed by atoms with Gasteiger partial charge in [0.15, 0.2) is 0 Å². The van der Waals surface area contributed by atoms with Gasteiger partial charge in [-0.1, -0.05) is 171 Å². The molecule has 4 heteroatoms. The zero-order valence-corrected chi connectivity index (χ0v) is 37.2. The summed E-state index contributed by atoms with van der Waals surface area (Å²) in [7, 11) is -2.83. The van der Waals surface area contributed by atoms with E-state index in [9.17, 15) is 0 Å². The van der Waals surface area contributed by atoms with Crippen LogP contribution in [0, 0.1) is 0 Å². The molecular formula is C55H52N2Si2. The molecule has 0 fully saturated rings. The molecule has 0 saturated carbocycles. The number of anilines is 4. The fraction of sp³-hybridized carbons (Fsp3) is 0.200. The molecule has 0 saturated heterocycles. The average Bonchev–Trinajstić information content (AvgIpc) is 3.96. The first-order valence-corrected chi connectivity index (χ1v) is 28.6. The van der Waals surface area contributed by atoms with Crippen LogP contribution in [0.1, 0.15) is 33.4 Å². The number of fused-ring (bicyclic) bond motifs is 10. The van der Waals surface area contributed by atoms with Crippen molar-refractivity contribution in [2.45, 2.75) is 57.5 Å². The van der Waals surface area contributed by atoms with Crippen molar-refractivity contribution in [2.75, 3.05) is 22.9 Å². The molecule has 2 heterocycles. The lowest BCUT2D eigenvalue weighted by Crippen LogP contribution is -2.37. The number of nitrogens with zero attached hydrogens (tertiary/aromatic N) is 2. The van der Waals surface area contributed by atoms with E-state index in [1.807, 2.05) is 0 Å². The van der Waals surface area contributed by atoms with Crippen LogP contribution in [0.2, 0.25) is 39.3 Å². The zero-order valence-electron chi connectivity index (χ0n) is 35.2. The van der Waals surface area contributed by atoms with Crippen LogP contribution in [0.15, 0.2) is 158 Å². The molecule has 59 heavy (non-hydrogen) atoms. The van der Waals surface area contributed by atoms with Crippen molar-refractivity contribution in [3.8, 4) is 11.1 Å². The summed E-state index contributed by atoms with van der Waals surface area (Å²) in [6, 6.07) is 61.3. The van der Waals surface area contributed by atoms with Crippen molar-refractivity contribution in [2.24, 2.45) is 0 Å². The lowest BCUT2D eigenvalue weighted by atomic mass is 9.66. The highest BCUT2D eigenvalue weighted by atomic mass is 28.3. The second-order valence-electron chi connectivity index (χ2n) is 19.2. The minimum atomic E-state index is -1.42. The Morgan fingerprint density at radius 2 is 0.949 bits per heavy atom. The van der Waals surface area contributed by atoms with Gasteiger partial charge in [-0.3, -0.25) is 0 Å². The molecule has 8 aromatic rings. The van der Waals surface area contributed by atoms with Crippen LogP contribution in [-0.2, 0) is 18.3 Å². The summed E-state index contributed by atoms with van der Waals surface area (Å²) >= 11 is 0. The van der Waals surface area contributed by atoms with Gasteiger partial charge in [-0.25, -0.2) is 0 Å². The molecule has 3 aliphatic rings. The third kappa shape index (κ3) is 5.49. The first kappa shape index (κ1) is 36.4. The van der Waals surface area contributed by atoms with Crippen LogP contribution >= 0.6 is 0 Å². The van der Waals surface area contributed by atoms with Crippen molar-refractivity contribution in [3.05, 3.63) is 191 Å². The maximum Gasteiger partial charge on any atom is 0.0776 e. The van der Waals surface area contributed by atoms with E-state index < -0.39 is 21.6 Å². The van der Waals surface area contributed by atoms with Gasteiger partial charge in [0.2, 0.25) is 0 Å². The normalized spacial score (nSPS) is 15.4. The number of hydrogen-bond acceptors (Lipinski definition) is 2. The van der Waals surface area contributed by atoms with Crippen LogP contribution < -0.4 is 20.2 Å². The fourth-order valence-corrected chi connectivity index (χ4v) is 13.2. The summed E-state index contributed by atoms with van der Waals surface area (Å²) in [6.07, 6.45) is 2.16. The van der Waals surface area contributed by atoms with Crippen LogP contribution in [0.5, 0.6) is 0 Å². The van der Waals surface area contributed by atoms with E-state index in [4.69, 9.17) is 0 Å². The van der Waals surface area contributed by atoms with E-state index in [0.29, 0.717) is 0 Å². The highest BCUT2D eigenvalue weighted by Crippen LogP contribution is 2.61. The molecule has 8 aromatic carbocycles. The number of hydrogen-bond donors (Lipinski definition) is 0. The second-order valence-corrected chi connectivity index (χ2v) is 29.4. The lowest BCUT2D eigenvalue weighted by molar-refractivity contribution is 0.775. The van der Waals surface area contributed by atoms with Gasteiger partial charge < -0.3 is 9.80 Å². The Bertz CT molecular complexity index is 2930. The molecule has 0 unspecified atom stereocenters. The molecule has 0 amide bonds. The first-order valence-electron chi connectivity index (χ1n) is 21.6. The zero-order chi connectivity index (χ0) is 40.3. The summed E-state index contributed by atoms with van der Waals surface area (Å²) in [5.74, 6) is 0. The van der Waals surface area contributed by atoms with E-state index in [2.05, 4.69) is 207 Å². The van der Waals surface area contributed by atoms with Gasteiger partial charge in [0, 0.05) is 35.8 Å². The highest BCUT2D eigenvalue weighted by molar-refractivity contribution is 6.89. The van der Waals surface area contributed by atoms with E-state index in [0.717, 1.165) is 25.9 Å². The summed E-state index contributed by atoms with van der Waals surface area (Å²) in [5.41, 5.74) is 15.8. The van der Waals surface area contributed by atoms with E-state index in [-0.39, 0.29) is 0 Å². The van der Waals surface area contributed by atoms with Gasteiger partial charge in [0.05, 0.1) is 21.6 Å². The molecule has 1 aliphatic carbocycles. The van der Waals surface area contributed by atoms with Crippen molar-refractivity contribution < 1.29 is 0 Å². The van der Waals surface area contributed by atoms with Crippen LogP contribution in [-0.4, -0.2) is 29.2 Å². The van der Waals surface area contributed by atoms with Gasteiger partial charge in [-0.15, -0.1) is 0 Å². The predicted octanol–water partition coefficient (Wildman–Crippen LogP) is 12.8. The Labute approximate surface area is 351 Å². The van der Waals surface area contributed by atoms with Crippen LogP contribution in [0.25, 0.3) is 32.7 Å². The quantitative estimate of drug-likeness (QED) is 0.122. The molecule has 290 valence electrons. The van der Waals surface area contributed by atoms with E-state index in [1.165, 1.54) is 88.8 Å².